The molecule has 1 aliphatic rings. The number of fused-ring (bicyclic) bond motifs is 1. The number of nitrogens with zero attached hydrogens (tertiary/aromatic N) is 1. The minimum Gasteiger partial charge on any atom is -0.497 e. The average Bonchev–Trinajstić information content (AvgIpc) is 2.62. The fourth-order valence-electron chi connectivity index (χ4n) is 3.13. The predicted molar refractivity (Wildman–Crippen MR) is 98.2 cm³/mol. The van der Waals surface area contributed by atoms with Crippen LogP contribution < -0.4 is 9.47 Å². The molecule has 25 heavy (non-hydrogen) atoms. The van der Waals surface area contributed by atoms with Crippen molar-refractivity contribution in [3.63, 3.8) is 0 Å². The highest BCUT2D eigenvalue weighted by atomic mass is 16.5. The van der Waals surface area contributed by atoms with Crippen molar-refractivity contribution >= 4 is 5.91 Å². The van der Waals surface area contributed by atoms with Crippen LogP contribution >= 0.6 is 0 Å². The van der Waals surface area contributed by atoms with Gasteiger partial charge in [-0.15, -0.1) is 0 Å². The van der Waals surface area contributed by atoms with E-state index in [4.69, 9.17) is 9.47 Å². The van der Waals surface area contributed by atoms with Crippen LogP contribution in [0, 0.1) is 5.92 Å². The van der Waals surface area contributed by atoms with E-state index >= 15 is 0 Å². The molecule has 4 nitrogen and oxygen atoms in total. The summed E-state index contributed by atoms with van der Waals surface area (Å²) < 4.78 is 11.2. The van der Waals surface area contributed by atoms with Crippen molar-refractivity contribution in [3.05, 3.63) is 59.2 Å². The third kappa shape index (κ3) is 4.32. The van der Waals surface area contributed by atoms with Crippen molar-refractivity contribution in [1.29, 1.82) is 0 Å². The molecule has 0 aliphatic carbocycles. The largest absolute Gasteiger partial charge is 0.497 e. The van der Waals surface area contributed by atoms with E-state index in [-0.39, 0.29) is 5.91 Å². The number of carbonyl (C=O) groups excluding carboxylic acids is 1. The number of carbonyl (C=O) groups is 1. The Morgan fingerprint density at radius 3 is 2.56 bits per heavy atom. The Labute approximate surface area is 149 Å². The second-order valence-corrected chi connectivity index (χ2v) is 6.84. The zero-order valence-corrected chi connectivity index (χ0v) is 15.1. The molecule has 3 rings (SSSR count). The maximum Gasteiger partial charge on any atom is 0.226 e. The summed E-state index contributed by atoms with van der Waals surface area (Å²) in [6.45, 7) is 0.723. The van der Waals surface area contributed by atoms with Gasteiger partial charge in [0.25, 0.3) is 0 Å². The Morgan fingerprint density at radius 1 is 1.16 bits per heavy atom. The number of hydrogen-bond acceptors (Lipinski definition) is 3. The lowest BCUT2D eigenvalue weighted by molar-refractivity contribution is -0.127. The van der Waals surface area contributed by atoms with Gasteiger partial charge in [0.05, 0.1) is 20.1 Å². The Balaban J connectivity index is 1.60. The summed E-state index contributed by atoms with van der Waals surface area (Å²) in [6, 6.07) is 14.4. The molecular weight excluding hydrogens is 314 g/mol. The molecule has 0 unspecified atom stereocenters. The van der Waals surface area contributed by atoms with Crippen LogP contribution in [0.2, 0.25) is 0 Å². The number of amides is 1. The minimum atomic E-state index is 0.125. The topological polar surface area (TPSA) is 38.8 Å². The van der Waals surface area contributed by atoms with E-state index in [1.54, 1.807) is 26.1 Å². The molecule has 0 saturated carbocycles. The molecule has 0 saturated heterocycles. The third-order valence-electron chi connectivity index (χ3n) is 4.66. The van der Waals surface area contributed by atoms with Gasteiger partial charge in [-0.25, -0.2) is 0 Å². The molecule has 2 aromatic rings. The van der Waals surface area contributed by atoms with Crippen molar-refractivity contribution in [1.82, 2.24) is 4.90 Å². The second kappa shape index (κ2) is 7.60. The molecule has 1 atom stereocenters. The lowest BCUT2D eigenvalue weighted by atomic mass is 9.90. The molecule has 0 fully saturated rings. The Kier molecular flexibility index (Phi) is 5.27. The fourth-order valence-corrected chi connectivity index (χ4v) is 3.13. The van der Waals surface area contributed by atoms with Gasteiger partial charge in [-0.3, -0.25) is 4.79 Å². The monoisotopic (exact) mass is 339 g/mol. The number of likely N-dealkylation sites (N-methyl/N-ethyl adjacent to an activating group) is 1. The van der Waals surface area contributed by atoms with Crippen LogP contribution in [0.5, 0.6) is 11.5 Å². The number of rotatable bonds is 5. The van der Waals surface area contributed by atoms with Gasteiger partial charge >= 0.3 is 0 Å². The van der Waals surface area contributed by atoms with E-state index in [1.165, 1.54) is 11.1 Å². The van der Waals surface area contributed by atoms with Gasteiger partial charge in [0.2, 0.25) is 5.91 Å². The highest BCUT2D eigenvalue weighted by molar-refractivity contribution is 5.78. The third-order valence-corrected chi connectivity index (χ3v) is 4.66. The van der Waals surface area contributed by atoms with Crippen molar-refractivity contribution in [2.75, 3.05) is 27.8 Å². The smallest absolute Gasteiger partial charge is 0.226 e. The Morgan fingerprint density at radius 2 is 1.88 bits per heavy atom. The molecule has 0 aromatic heterocycles. The zero-order chi connectivity index (χ0) is 17.8. The summed E-state index contributed by atoms with van der Waals surface area (Å²) in [4.78, 5) is 13.4. The van der Waals surface area contributed by atoms with E-state index in [2.05, 4.69) is 30.3 Å². The van der Waals surface area contributed by atoms with Crippen molar-refractivity contribution in [3.8, 4) is 11.5 Å². The van der Waals surface area contributed by atoms with Crippen LogP contribution in [0.25, 0.3) is 0 Å². The van der Waals surface area contributed by atoms with Gasteiger partial charge in [0.15, 0.2) is 0 Å². The van der Waals surface area contributed by atoms with Gasteiger partial charge in [-0.05, 0) is 35.6 Å². The summed E-state index contributed by atoms with van der Waals surface area (Å²) in [6.07, 6.45) is 2.45. The predicted octanol–water partition coefficient (Wildman–Crippen LogP) is 3.12. The quantitative estimate of drug-likeness (QED) is 0.840. The van der Waals surface area contributed by atoms with E-state index in [0.717, 1.165) is 36.5 Å². The maximum atomic E-state index is 11.8. The first-order chi connectivity index (χ1) is 12.0. The van der Waals surface area contributed by atoms with Crippen LogP contribution in [0.3, 0.4) is 0 Å². The van der Waals surface area contributed by atoms with Gasteiger partial charge < -0.3 is 14.4 Å². The van der Waals surface area contributed by atoms with Crippen molar-refractivity contribution < 1.29 is 14.3 Å². The number of ether oxygens (including phenoxy) is 2. The molecule has 0 radical (unpaired) electrons. The van der Waals surface area contributed by atoms with E-state index in [1.807, 2.05) is 12.1 Å². The SMILES string of the molecule is COc1ccc2c(c1)OC[C@H](Cc1ccc(CC(=O)N(C)C)cc1)C2. The molecule has 132 valence electrons. The molecule has 0 bridgehead atoms. The summed E-state index contributed by atoms with van der Waals surface area (Å²) in [7, 11) is 5.24. The van der Waals surface area contributed by atoms with E-state index in [0.29, 0.717) is 12.3 Å². The van der Waals surface area contributed by atoms with Crippen LogP contribution in [-0.2, 0) is 24.1 Å². The van der Waals surface area contributed by atoms with Crippen molar-refractivity contribution in [2.24, 2.45) is 5.92 Å². The number of methoxy groups -OCH3 is 1. The lowest BCUT2D eigenvalue weighted by Crippen LogP contribution is -2.23. The highest BCUT2D eigenvalue weighted by Crippen LogP contribution is 2.32. The second-order valence-electron chi connectivity index (χ2n) is 6.84. The van der Waals surface area contributed by atoms with Gasteiger partial charge in [0, 0.05) is 26.1 Å². The number of hydrogen-bond donors (Lipinski definition) is 0. The molecule has 1 amide bonds. The first kappa shape index (κ1) is 17.3. The van der Waals surface area contributed by atoms with Gasteiger partial charge in [-0.2, -0.15) is 0 Å². The average molecular weight is 339 g/mol. The first-order valence-electron chi connectivity index (χ1n) is 8.63. The standard InChI is InChI=1S/C21H25NO3/c1-22(2)21(23)12-16-6-4-15(5-7-16)10-17-11-18-8-9-19(24-3)13-20(18)25-14-17/h4-9,13,17H,10-12,14H2,1-3H3/t17-/m1/s1. The minimum absolute atomic E-state index is 0.125. The Bertz CT molecular complexity index is 737. The fraction of sp³-hybridized carbons (Fsp3) is 0.381. The van der Waals surface area contributed by atoms with Crippen LogP contribution in [0.4, 0.5) is 0 Å². The lowest BCUT2D eigenvalue weighted by Gasteiger charge is -2.25. The number of benzene rings is 2. The Hall–Kier alpha value is -2.49. The normalized spacial score (nSPS) is 15.9. The molecule has 1 aliphatic heterocycles. The summed E-state index contributed by atoms with van der Waals surface area (Å²) in [5, 5.41) is 0. The summed E-state index contributed by atoms with van der Waals surface area (Å²) in [5.74, 6) is 2.36. The highest BCUT2D eigenvalue weighted by Gasteiger charge is 2.20. The first-order valence-corrected chi connectivity index (χ1v) is 8.63. The van der Waals surface area contributed by atoms with Crippen LogP contribution in [0.15, 0.2) is 42.5 Å². The molecule has 0 spiro atoms. The maximum absolute atomic E-state index is 11.8. The molecule has 4 heteroatoms. The van der Waals surface area contributed by atoms with E-state index in [9.17, 15) is 4.79 Å². The molecule has 1 heterocycles. The zero-order valence-electron chi connectivity index (χ0n) is 15.1. The summed E-state index contributed by atoms with van der Waals surface area (Å²) >= 11 is 0. The van der Waals surface area contributed by atoms with Crippen LogP contribution in [0.1, 0.15) is 16.7 Å². The van der Waals surface area contributed by atoms with Gasteiger partial charge in [-0.1, -0.05) is 30.3 Å². The van der Waals surface area contributed by atoms with E-state index < -0.39 is 0 Å². The molecule has 0 N–H and O–H groups in total. The summed E-state index contributed by atoms with van der Waals surface area (Å²) in [5.41, 5.74) is 3.58. The van der Waals surface area contributed by atoms with Crippen molar-refractivity contribution in [2.45, 2.75) is 19.3 Å². The molecular formula is C21H25NO3. The van der Waals surface area contributed by atoms with Crippen LogP contribution in [-0.4, -0.2) is 38.6 Å². The van der Waals surface area contributed by atoms with Gasteiger partial charge in [0.1, 0.15) is 11.5 Å². The molecule has 2 aromatic carbocycles.